The fourth-order valence-electron chi connectivity index (χ4n) is 2.39. The van der Waals surface area contributed by atoms with Gasteiger partial charge in [0, 0.05) is 18.0 Å². The van der Waals surface area contributed by atoms with Crippen molar-refractivity contribution < 1.29 is 14.6 Å². The van der Waals surface area contributed by atoms with Gasteiger partial charge >= 0.3 is 6.03 Å². The minimum atomic E-state index is -0.444. The Hall–Kier alpha value is -0.820. The van der Waals surface area contributed by atoms with Gasteiger partial charge in [0.1, 0.15) is 0 Å². The van der Waals surface area contributed by atoms with Gasteiger partial charge in [0.05, 0.1) is 29.7 Å². The molecule has 1 aliphatic rings. The topological polar surface area (TPSA) is 61.8 Å². The summed E-state index contributed by atoms with van der Waals surface area (Å²) in [4.78, 5) is 15.2. The molecule has 2 unspecified atom stereocenters. The lowest BCUT2D eigenvalue weighted by Gasteiger charge is -2.36. The van der Waals surface area contributed by atoms with Gasteiger partial charge in [0.2, 0.25) is 0 Å². The van der Waals surface area contributed by atoms with Crippen molar-refractivity contribution in [1.29, 1.82) is 0 Å². The SMILES string of the molecule is CC(O)CC1COCCN1C(=O)NCCc1ccc(Cl)s1. The fraction of sp³-hybridized carbons (Fsp3) is 0.643. The molecule has 0 spiro atoms. The predicted octanol–water partition coefficient (Wildman–Crippen LogP) is 2.13. The molecule has 118 valence electrons. The summed E-state index contributed by atoms with van der Waals surface area (Å²) in [6.45, 7) is 3.90. The number of nitrogens with zero attached hydrogens (tertiary/aromatic N) is 1. The quantitative estimate of drug-likeness (QED) is 0.868. The first kappa shape index (κ1) is 16.5. The van der Waals surface area contributed by atoms with Crippen LogP contribution < -0.4 is 5.32 Å². The van der Waals surface area contributed by atoms with Gasteiger partial charge in [-0.05, 0) is 31.9 Å². The molecule has 21 heavy (non-hydrogen) atoms. The summed E-state index contributed by atoms with van der Waals surface area (Å²) in [5.41, 5.74) is 0. The third-order valence-corrected chi connectivity index (χ3v) is 4.67. The number of amides is 2. The standard InChI is InChI=1S/C14H21ClN2O3S/c1-10(18)8-11-9-20-7-6-17(11)14(19)16-5-4-12-2-3-13(15)21-12/h2-3,10-11,18H,4-9H2,1H3,(H,16,19). The van der Waals surface area contributed by atoms with Crippen LogP contribution in [0.2, 0.25) is 4.34 Å². The molecule has 7 heteroatoms. The van der Waals surface area contributed by atoms with Crippen LogP contribution in [0.4, 0.5) is 4.79 Å². The molecule has 0 bridgehead atoms. The Morgan fingerprint density at radius 2 is 2.48 bits per heavy atom. The predicted molar refractivity (Wildman–Crippen MR) is 84.0 cm³/mol. The minimum Gasteiger partial charge on any atom is -0.393 e. The van der Waals surface area contributed by atoms with Crippen molar-refractivity contribution in [3.05, 3.63) is 21.3 Å². The average molecular weight is 333 g/mol. The average Bonchev–Trinajstić information content (AvgIpc) is 2.84. The van der Waals surface area contributed by atoms with Crippen molar-refractivity contribution in [3.8, 4) is 0 Å². The monoisotopic (exact) mass is 332 g/mol. The van der Waals surface area contributed by atoms with Crippen molar-refractivity contribution in [2.75, 3.05) is 26.3 Å². The van der Waals surface area contributed by atoms with Gasteiger partial charge < -0.3 is 20.1 Å². The summed E-state index contributed by atoms with van der Waals surface area (Å²) in [6, 6.07) is 3.69. The highest BCUT2D eigenvalue weighted by molar-refractivity contribution is 7.16. The lowest BCUT2D eigenvalue weighted by atomic mass is 10.1. The van der Waals surface area contributed by atoms with Gasteiger partial charge in [-0.2, -0.15) is 0 Å². The number of halogens is 1. The zero-order valence-electron chi connectivity index (χ0n) is 12.0. The van der Waals surface area contributed by atoms with Crippen LogP contribution in [-0.4, -0.2) is 54.5 Å². The van der Waals surface area contributed by atoms with Gasteiger partial charge in [-0.1, -0.05) is 11.6 Å². The van der Waals surface area contributed by atoms with E-state index in [1.165, 1.54) is 11.3 Å². The molecule has 1 fully saturated rings. The van der Waals surface area contributed by atoms with E-state index in [2.05, 4.69) is 5.32 Å². The highest BCUT2D eigenvalue weighted by atomic mass is 35.5. The summed E-state index contributed by atoms with van der Waals surface area (Å²) < 4.78 is 6.16. The van der Waals surface area contributed by atoms with E-state index in [1.54, 1.807) is 11.8 Å². The summed E-state index contributed by atoms with van der Waals surface area (Å²) >= 11 is 7.41. The van der Waals surface area contributed by atoms with Gasteiger partial charge in [-0.3, -0.25) is 0 Å². The van der Waals surface area contributed by atoms with Gasteiger partial charge in [-0.25, -0.2) is 4.79 Å². The summed E-state index contributed by atoms with van der Waals surface area (Å²) in [7, 11) is 0. The highest BCUT2D eigenvalue weighted by Gasteiger charge is 2.27. The largest absolute Gasteiger partial charge is 0.393 e. The molecule has 1 aliphatic heterocycles. The molecule has 0 saturated carbocycles. The molecule has 2 rings (SSSR count). The number of hydrogen-bond acceptors (Lipinski definition) is 4. The van der Waals surface area contributed by atoms with Crippen LogP contribution in [-0.2, 0) is 11.2 Å². The van der Waals surface area contributed by atoms with Crippen molar-refractivity contribution in [2.24, 2.45) is 0 Å². The van der Waals surface area contributed by atoms with E-state index in [9.17, 15) is 9.90 Å². The molecule has 1 aromatic rings. The second-order valence-electron chi connectivity index (χ2n) is 5.19. The molecule has 2 amide bonds. The molecule has 2 N–H and O–H groups in total. The molecular weight excluding hydrogens is 312 g/mol. The zero-order valence-corrected chi connectivity index (χ0v) is 13.6. The number of aliphatic hydroxyl groups is 1. The Morgan fingerprint density at radius 3 is 3.14 bits per heavy atom. The molecular formula is C14H21ClN2O3S. The number of aliphatic hydroxyl groups excluding tert-OH is 1. The van der Waals surface area contributed by atoms with Crippen LogP contribution in [0, 0.1) is 0 Å². The number of ether oxygens (including phenoxy) is 1. The summed E-state index contributed by atoms with van der Waals surface area (Å²) in [5.74, 6) is 0. The molecule has 0 radical (unpaired) electrons. The third-order valence-electron chi connectivity index (χ3n) is 3.38. The molecule has 5 nitrogen and oxygen atoms in total. The first-order valence-electron chi connectivity index (χ1n) is 7.10. The molecule has 1 aromatic heterocycles. The number of carbonyl (C=O) groups excluding carboxylic acids is 1. The van der Waals surface area contributed by atoms with Crippen LogP contribution in [0.5, 0.6) is 0 Å². The van der Waals surface area contributed by atoms with Crippen LogP contribution >= 0.6 is 22.9 Å². The molecule has 2 atom stereocenters. The molecule has 0 aromatic carbocycles. The highest BCUT2D eigenvalue weighted by Crippen LogP contribution is 2.21. The molecule has 2 heterocycles. The van der Waals surface area contributed by atoms with Gasteiger partial charge in [0.25, 0.3) is 0 Å². The first-order chi connectivity index (χ1) is 10.1. The number of nitrogens with one attached hydrogen (secondary N) is 1. The number of carbonyl (C=O) groups is 1. The van der Waals surface area contributed by atoms with E-state index in [0.717, 1.165) is 15.6 Å². The fourth-order valence-corrected chi connectivity index (χ4v) is 3.48. The van der Waals surface area contributed by atoms with E-state index < -0.39 is 6.10 Å². The Morgan fingerprint density at radius 1 is 1.67 bits per heavy atom. The van der Waals surface area contributed by atoms with E-state index in [1.807, 2.05) is 12.1 Å². The summed E-state index contributed by atoms with van der Waals surface area (Å²) in [6.07, 6.45) is 0.864. The smallest absolute Gasteiger partial charge is 0.317 e. The molecule has 0 aliphatic carbocycles. The maximum absolute atomic E-state index is 12.2. The van der Waals surface area contributed by atoms with E-state index in [4.69, 9.17) is 16.3 Å². The lowest BCUT2D eigenvalue weighted by Crippen LogP contribution is -2.53. The lowest BCUT2D eigenvalue weighted by molar-refractivity contribution is -0.00425. The Balaban J connectivity index is 1.80. The number of hydrogen-bond donors (Lipinski definition) is 2. The first-order valence-corrected chi connectivity index (χ1v) is 8.30. The zero-order chi connectivity index (χ0) is 15.2. The second-order valence-corrected chi connectivity index (χ2v) is 6.99. The second kappa shape index (κ2) is 7.98. The normalized spacial score (nSPS) is 20.3. The minimum absolute atomic E-state index is 0.0602. The van der Waals surface area contributed by atoms with Crippen molar-refractivity contribution >= 4 is 29.0 Å². The van der Waals surface area contributed by atoms with Crippen molar-refractivity contribution in [1.82, 2.24) is 10.2 Å². The van der Waals surface area contributed by atoms with Crippen molar-refractivity contribution in [3.63, 3.8) is 0 Å². The van der Waals surface area contributed by atoms with E-state index >= 15 is 0 Å². The summed E-state index contributed by atoms with van der Waals surface area (Å²) in [5, 5.41) is 12.4. The van der Waals surface area contributed by atoms with Gasteiger partial charge in [0.15, 0.2) is 0 Å². The third kappa shape index (κ3) is 5.14. The Labute approximate surface area is 133 Å². The number of urea groups is 1. The van der Waals surface area contributed by atoms with Crippen molar-refractivity contribution in [2.45, 2.75) is 31.9 Å². The van der Waals surface area contributed by atoms with E-state index in [-0.39, 0.29) is 12.1 Å². The van der Waals surface area contributed by atoms with Gasteiger partial charge in [-0.15, -0.1) is 11.3 Å². The Bertz CT molecular complexity index is 467. The van der Waals surface area contributed by atoms with Crippen LogP contribution in [0.25, 0.3) is 0 Å². The van der Waals surface area contributed by atoms with Crippen LogP contribution in [0.15, 0.2) is 12.1 Å². The molecule has 1 saturated heterocycles. The number of morpholine rings is 1. The van der Waals surface area contributed by atoms with Crippen LogP contribution in [0.1, 0.15) is 18.2 Å². The maximum Gasteiger partial charge on any atom is 0.317 e. The number of rotatable bonds is 5. The Kier molecular flexibility index (Phi) is 6.29. The van der Waals surface area contributed by atoms with Crippen LogP contribution in [0.3, 0.4) is 0 Å². The number of thiophene rings is 1. The van der Waals surface area contributed by atoms with E-state index in [0.29, 0.717) is 32.7 Å². The maximum atomic E-state index is 12.2.